The number of aromatic nitrogens is 4. The molecule has 0 aliphatic carbocycles. The maximum atomic E-state index is 14.2. The van der Waals surface area contributed by atoms with Crippen molar-refractivity contribution in [2.75, 3.05) is 19.0 Å². The van der Waals surface area contributed by atoms with Crippen LogP contribution in [0.2, 0.25) is 0 Å². The molecule has 1 aliphatic rings. The van der Waals surface area contributed by atoms with E-state index in [2.05, 4.69) is 138 Å². The molecular formula is C50H49N7O2. The average Bonchev–Trinajstić information content (AvgIpc) is 3.90. The fourth-order valence-corrected chi connectivity index (χ4v) is 8.34. The molecule has 0 spiro atoms. The number of carbonyl (C=O) groups excluding carboxylic acids is 1. The molecule has 0 amide bonds. The van der Waals surface area contributed by atoms with Crippen LogP contribution < -0.4 is 10.2 Å². The van der Waals surface area contributed by atoms with E-state index < -0.39 is 11.2 Å². The first kappa shape index (κ1) is 38.9. The van der Waals surface area contributed by atoms with Gasteiger partial charge in [0.15, 0.2) is 11.5 Å². The summed E-state index contributed by atoms with van der Waals surface area (Å²) in [6.07, 6.45) is 2.81. The molecule has 9 nitrogen and oxygen atoms in total. The quantitative estimate of drug-likeness (QED) is 0.0863. The number of rotatable bonds is 14. The maximum Gasteiger partial charge on any atom is 0.359 e. The van der Waals surface area contributed by atoms with Gasteiger partial charge >= 0.3 is 5.97 Å². The third-order valence-corrected chi connectivity index (χ3v) is 11.2. The molecule has 1 atom stereocenters. The van der Waals surface area contributed by atoms with Gasteiger partial charge in [0.25, 0.3) is 0 Å². The number of anilines is 1. The van der Waals surface area contributed by atoms with Gasteiger partial charge < -0.3 is 19.9 Å². The minimum absolute atomic E-state index is 0.179. The zero-order valence-corrected chi connectivity index (χ0v) is 34.0. The van der Waals surface area contributed by atoms with Gasteiger partial charge in [0, 0.05) is 25.3 Å². The molecule has 1 aliphatic heterocycles. The number of hydrogen-bond donors (Lipinski definition) is 1. The predicted octanol–water partition coefficient (Wildman–Crippen LogP) is 9.64. The summed E-state index contributed by atoms with van der Waals surface area (Å²) in [5.41, 5.74) is 6.74. The molecule has 0 radical (unpaired) electrons. The summed E-state index contributed by atoms with van der Waals surface area (Å²) in [7, 11) is 3.90. The first-order valence-corrected chi connectivity index (χ1v) is 20.2. The number of benzene rings is 6. The molecule has 7 aromatic rings. The monoisotopic (exact) mass is 779 g/mol. The second kappa shape index (κ2) is 16.8. The Balaban J connectivity index is 1.22. The SMILES string of the molecule is CCCCC1(C)NC(N(C)C)=C(C(=O)OCc2ccccc2)N1c1ccc(-c2ccccc2-c2nnnn2C(c2ccccc2)(c2ccccc2)c2ccccc2)cc1. The van der Waals surface area contributed by atoms with Crippen LogP contribution in [0.15, 0.2) is 181 Å². The van der Waals surface area contributed by atoms with Crippen molar-refractivity contribution in [2.24, 2.45) is 0 Å². The highest BCUT2D eigenvalue weighted by Crippen LogP contribution is 2.44. The van der Waals surface area contributed by atoms with E-state index in [0.717, 1.165) is 69.7 Å². The average molecular weight is 780 g/mol. The van der Waals surface area contributed by atoms with Crippen LogP contribution in [0.1, 0.15) is 55.4 Å². The number of carbonyl (C=O) groups is 1. The lowest BCUT2D eigenvalue weighted by Crippen LogP contribution is -2.51. The highest BCUT2D eigenvalue weighted by Gasteiger charge is 2.46. The summed E-state index contributed by atoms with van der Waals surface area (Å²) in [5.74, 6) is 0.964. The Morgan fingerprint density at radius 3 is 1.78 bits per heavy atom. The van der Waals surface area contributed by atoms with E-state index in [-0.39, 0.29) is 12.6 Å². The second-order valence-electron chi connectivity index (χ2n) is 15.3. The molecule has 9 heteroatoms. The summed E-state index contributed by atoms with van der Waals surface area (Å²) < 4.78 is 7.97. The van der Waals surface area contributed by atoms with E-state index in [0.29, 0.717) is 11.5 Å². The zero-order chi connectivity index (χ0) is 40.8. The van der Waals surface area contributed by atoms with Crippen molar-refractivity contribution in [3.63, 3.8) is 0 Å². The van der Waals surface area contributed by atoms with Crippen molar-refractivity contribution < 1.29 is 9.53 Å². The fourth-order valence-electron chi connectivity index (χ4n) is 8.34. The summed E-state index contributed by atoms with van der Waals surface area (Å²) in [5, 5.41) is 17.6. The summed E-state index contributed by atoms with van der Waals surface area (Å²) in [6, 6.07) is 57.7. The van der Waals surface area contributed by atoms with Crippen molar-refractivity contribution >= 4 is 11.7 Å². The first-order chi connectivity index (χ1) is 28.8. The summed E-state index contributed by atoms with van der Waals surface area (Å²) in [6.45, 7) is 4.52. The van der Waals surface area contributed by atoms with E-state index >= 15 is 0 Å². The number of nitrogens with one attached hydrogen (secondary N) is 1. The molecule has 1 N–H and O–H groups in total. The smallest absolute Gasteiger partial charge is 0.359 e. The largest absolute Gasteiger partial charge is 0.456 e. The normalized spacial score (nSPS) is 15.2. The minimum Gasteiger partial charge on any atom is -0.456 e. The van der Waals surface area contributed by atoms with Gasteiger partial charge in [-0.1, -0.05) is 171 Å². The van der Waals surface area contributed by atoms with Crippen LogP contribution in [0.3, 0.4) is 0 Å². The maximum absolute atomic E-state index is 14.2. The van der Waals surface area contributed by atoms with Crippen LogP contribution in [0.4, 0.5) is 5.69 Å². The highest BCUT2D eigenvalue weighted by molar-refractivity contribution is 5.95. The van der Waals surface area contributed by atoms with Gasteiger partial charge in [-0.15, -0.1) is 5.10 Å². The predicted molar refractivity (Wildman–Crippen MR) is 234 cm³/mol. The Bertz CT molecular complexity index is 2430. The van der Waals surface area contributed by atoms with E-state index in [9.17, 15) is 4.79 Å². The number of esters is 1. The molecular weight excluding hydrogens is 731 g/mol. The molecule has 59 heavy (non-hydrogen) atoms. The van der Waals surface area contributed by atoms with Gasteiger partial charge in [0.05, 0.1) is 0 Å². The van der Waals surface area contributed by atoms with E-state index in [1.165, 1.54) is 0 Å². The van der Waals surface area contributed by atoms with Crippen molar-refractivity contribution in [1.82, 2.24) is 30.4 Å². The lowest BCUT2D eigenvalue weighted by atomic mass is 9.77. The van der Waals surface area contributed by atoms with E-state index in [1.807, 2.05) is 84.3 Å². The standard InChI is InChI=1S/C50H49N7O2/c1-5-6-35-49(2)51-47(55(3)4)45(48(58)59-36-37-21-11-7-12-22-37)56(49)42-33-31-38(32-34-42)43-29-19-20-30-44(43)46-52-53-54-57(46)50(39-23-13-8-14-24-39,40-25-15-9-16-26-40)41-27-17-10-18-28-41/h7-34,51H,5-6,35-36H2,1-4H3. The third kappa shape index (κ3) is 7.36. The number of hydrogen-bond acceptors (Lipinski definition) is 8. The Kier molecular flexibility index (Phi) is 11.1. The second-order valence-corrected chi connectivity index (χ2v) is 15.3. The number of ether oxygens (including phenoxy) is 1. The Hall–Kier alpha value is -7.00. The topological polar surface area (TPSA) is 88.4 Å². The lowest BCUT2D eigenvalue weighted by molar-refractivity contribution is -0.140. The number of unbranched alkanes of at least 4 members (excludes halogenated alkanes) is 1. The molecule has 1 aromatic heterocycles. The van der Waals surface area contributed by atoms with Crippen molar-refractivity contribution in [3.8, 4) is 22.5 Å². The first-order valence-electron chi connectivity index (χ1n) is 20.2. The van der Waals surface area contributed by atoms with Crippen LogP contribution in [0.5, 0.6) is 0 Å². The van der Waals surface area contributed by atoms with Gasteiger partial charge in [-0.05, 0) is 75.7 Å². The van der Waals surface area contributed by atoms with Crippen molar-refractivity contribution in [2.45, 2.75) is 50.9 Å². The van der Waals surface area contributed by atoms with Crippen LogP contribution in [-0.2, 0) is 21.7 Å². The molecule has 1 unspecified atom stereocenters. The molecule has 296 valence electrons. The Morgan fingerprint density at radius 1 is 0.712 bits per heavy atom. The van der Waals surface area contributed by atoms with Crippen molar-refractivity contribution in [1.29, 1.82) is 0 Å². The molecule has 0 saturated carbocycles. The van der Waals surface area contributed by atoms with Crippen LogP contribution in [-0.4, -0.2) is 50.8 Å². The number of nitrogens with zero attached hydrogens (tertiary/aromatic N) is 6. The molecule has 0 bridgehead atoms. The Morgan fingerprint density at radius 2 is 1.24 bits per heavy atom. The highest BCUT2D eigenvalue weighted by atomic mass is 16.5. The molecule has 6 aromatic carbocycles. The van der Waals surface area contributed by atoms with Crippen LogP contribution in [0.25, 0.3) is 22.5 Å². The molecule has 2 heterocycles. The zero-order valence-electron chi connectivity index (χ0n) is 34.0. The number of tetrazole rings is 1. The minimum atomic E-state index is -0.896. The third-order valence-electron chi connectivity index (χ3n) is 11.2. The summed E-state index contributed by atoms with van der Waals surface area (Å²) >= 11 is 0. The van der Waals surface area contributed by atoms with Gasteiger partial charge in [0.2, 0.25) is 0 Å². The van der Waals surface area contributed by atoms with Gasteiger partial charge in [0.1, 0.15) is 23.6 Å². The van der Waals surface area contributed by atoms with Crippen LogP contribution in [0, 0.1) is 0 Å². The van der Waals surface area contributed by atoms with Crippen LogP contribution >= 0.6 is 0 Å². The van der Waals surface area contributed by atoms with Gasteiger partial charge in [-0.2, -0.15) is 0 Å². The lowest BCUT2D eigenvalue weighted by Gasteiger charge is -2.38. The van der Waals surface area contributed by atoms with E-state index in [1.54, 1.807) is 0 Å². The van der Waals surface area contributed by atoms with Gasteiger partial charge in [-0.3, -0.25) is 0 Å². The Labute approximate surface area is 346 Å². The van der Waals surface area contributed by atoms with Crippen molar-refractivity contribution in [3.05, 3.63) is 204 Å². The molecule has 0 fully saturated rings. The molecule has 8 rings (SSSR count). The van der Waals surface area contributed by atoms with Gasteiger partial charge in [-0.25, -0.2) is 9.48 Å². The fraction of sp³-hybridized carbons (Fsp3) is 0.200. The molecule has 0 saturated heterocycles. The van der Waals surface area contributed by atoms with E-state index in [4.69, 9.17) is 15.0 Å². The summed E-state index contributed by atoms with van der Waals surface area (Å²) in [4.78, 5) is 18.2.